The average molecular weight is 344 g/mol. The van der Waals surface area contributed by atoms with Crippen LogP contribution in [0.25, 0.3) is 0 Å². The van der Waals surface area contributed by atoms with E-state index in [0.29, 0.717) is 25.6 Å². The van der Waals surface area contributed by atoms with Gasteiger partial charge in [0.2, 0.25) is 5.13 Å². The fraction of sp³-hybridized carbons (Fsp3) is 0.471. The van der Waals surface area contributed by atoms with Gasteiger partial charge in [0.15, 0.2) is 0 Å². The predicted molar refractivity (Wildman–Crippen MR) is 92.3 cm³/mol. The molecule has 2 aliphatic rings. The Morgan fingerprint density at radius 3 is 2.62 bits per heavy atom. The molecule has 1 saturated heterocycles. The number of hydrogen-bond acceptors (Lipinski definition) is 6. The molecule has 2 heterocycles. The molecule has 1 aromatic heterocycles. The molecular weight excluding hydrogens is 324 g/mol. The summed E-state index contributed by atoms with van der Waals surface area (Å²) in [5, 5.41) is 0.981. The summed E-state index contributed by atoms with van der Waals surface area (Å²) in [5.41, 5.74) is 1.01. The van der Waals surface area contributed by atoms with Gasteiger partial charge in [0, 0.05) is 43.6 Å². The molecule has 0 unspecified atom stereocenters. The van der Waals surface area contributed by atoms with E-state index in [0.717, 1.165) is 29.6 Å². The monoisotopic (exact) mass is 344 g/mol. The molecule has 2 aromatic rings. The highest BCUT2D eigenvalue weighted by Crippen LogP contribution is 2.39. The summed E-state index contributed by atoms with van der Waals surface area (Å²) in [4.78, 5) is 20.8. The Balaban J connectivity index is 1.26. The smallest absolute Gasteiger partial charge is 0.410 e. The minimum Gasteiger partial charge on any atom is -0.445 e. The lowest BCUT2D eigenvalue weighted by Crippen LogP contribution is -2.48. The van der Waals surface area contributed by atoms with E-state index in [1.807, 2.05) is 30.3 Å². The number of hydrogen-bond donors (Lipinski definition) is 0. The van der Waals surface area contributed by atoms with Crippen LogP contribution in [0.3, 0.4) is 0 Å². The molecule has 0 radical (unpaired) electrons. The van der Waals surface area contributed by atoms with Crippen molar-refractivity contribution in [2.24, 2.45) is 0 Å². The SMILES string of the molecule is O=C(OCc1ccccc1)N1CCN(c2nc(C3CC3)ns2)CC1. The molecule has 2 fully saturated rings. The fourth-order valence-electron chi connectivity index (χ4n) is 2.75. The van der Waals surface area contributed by atoms with Crippen molar-refractivity contribution in [2.45, 2.75) is 25.4 Å². The van der Waals surface area contributed by atoms with Crippen molar-refractivity contribution >= 4 is 22.8 Å². The first-order chi connectivity index (χ1) is 11.8. The van der Waals surface area contributed by atoms with Crippen LogP contribution in [0.15, 0.2) is 30.3 Å². The molecular formula is C17H20N4O2S. The van der Waals surface area contributed by atoms with E-state index in [1.54, 1.807) is 4.90 Å². The van der Waals surface area contributed by atoms with E-state index < -0.39 is 0 Å². The first-order valence-corrected chi connectivity index (χ1v) is 9.11. The van der Waals surface area contributed by atoms with Gasteiger partial charge < -0.3 is 14.5 Å². The zero-order valence-electron chi connectivity index (χ0n) is 13.4. The van der Waals surface area contributed by atoms with Crippen molar-refractivity contribution in [1.82, 2.24) is 14.3 Å². The number of nitrogens with zero attached hydrogens (tertiary/aromatic N) is 4. The zero-order chi connectivity index (χ0) is 16.4. The van der Waals surface area contributed by atoms with Gasteiger partial charge in [-0.15, -0.1) is 0 Å². The minimum absolute atomic E-state index is 0.241. The summed E-state index contributed by atoms with van der Waals surface area (Å²) in [6.07, 6.45) is 2.20. The van der Waals surface area contributed by atoms with Crippen molar-refractivity contribution in [3.63, 3.8) is 0 Å². The lowest BCUT2D eigenvalue weighted by molar-refractivity contribution is 0.0942. The van der Waals surface area contributed by atoms with E-state index in [2.05, 4.69) is 14.3 Å². The highest BCUT2D eigenvalue weighted by Gasteiger charge is 2.30. The number of carbonyl (C=O) groups is 1. The van der Waals surface area contributed by atoms with Crippen LogP contribution in [0.4, 0.5) is 9.93 Å². The van der Waals surface area contributed by atoms with Crippen molar-refractivity contribution in [3.05, 3.63) is 41.7 Å². The van der Waals surface area contributed by atoms with Gasteiger partial charge in [-0.3, -0.25) is 0 Å². The van der Waals surface area contributed by atoms with Gasteiger partial charge in [0.1, 0.15) is 12.4 Å². The van der Waals surface area contributed by atoms with Crippen LogP contribution >= 0.6 is 11.5 Å². The second kappa shape index (κ2) is 6.76. The van der Waals surface area contributed by atoms with E-state index in [1.165, 1.54) is 24.4 Å². The number of piperazine rings is 1. The number of anilines is 1. The van der Waals surface area contributed by atoms with E-state index in [4.69, 9.17) is 4.74 Å². The maximum atomic E-state index is 12.2. The van der Waals surface area contributed by atoms with Crippen molar-refractivity contribution in [3.8, 4) is 0 Å². The third-order valence-electron chi connectivity index (χ3n) is 4.39. The Morgan fingerprint density at radius 1 is 1.17 bits per heavy atom. The van der Waals surface area contributed by atoms with Crippen molar-refractivity contribution < 1.29 is 9.53 Å². The Kier molecular flexibility index (Phi) is 4.34. The van der Waals surface area contributed by atoms with Crippen LogP contribution in [-0.4, -0.2) is 46.5 Å². The first-order valence-electron chi connectivity index (χ1n) is 8.34. The number of carbonyl (C=O) groups excluding carboxylic acids is 1. The standard InChI is InChI=1S/C17H20N4O2S/c22-17(23-12-13-4-2-1-3-5-13)21-10-8-20(9-11-21)16-18-15(19-24-16)14-6-7-14/h1-5,14H,6-12H2. The predicted octanol–water partition coefficient (Wildman–Crippen LogP) is 2.87. The topological polar surface area (TPSA) is 58.6 Å². The van der Waals surface area contributed by atoms with Gasteiger partial charge in [-0.1, -0.05) is 30.3 Å². The molecule has 1 aliphatic heterocycles. The molecule has 24 heavy (non-hydrogen) atoms. The van der Waals surface area contributed by atoms with Crippen LogP contribution in [-0.2, 0) is 11.3 Å². The number of aromatic nitrogens is 2. The number of amides is 1. The van der Waals surface area contributed by atoms with Gasteiger partial charge in [-0.25, -0.2) is 9.78 Å². The average Bonchev–Trinajstić information content (AvgIpc) is 3.38. The molecule has 126 valence electrons. The molecule has 1 aromatic carbocycles. The summed E-state index contributed by atoms with van der Waals surface area (Å²) in [7, 11) is 0. The third-order valence-corrected chi connectivity index (χ3v) is 5.18. The molecule has 1 aliphatic carbocycles. The minimum atomic E-state index is -0.241. The normalized spacial score (nSPS) is 17.8. The fourth-order valence-corrected chi connectivity index (χ4v) is 3.55. The maximum absolute atomic E-state index is 12.2. The van der Waals surface area contributed by atoms with Gasteiger partial charge in [-0.2, -0.15) is 4.37 Å². The molecule has 1 saturated carbocycles. The Hall–Kier alpha value is -2.15. The van der Waals surface area contributed by atoms with Gasteiger partial charge in [-0.05, 0) is 18.4 Å². The summed E-state index contributed by atoms with van der Waals surface area (Å²) >= 11 is 1.47. The van der Waals surface area contributed by atoms with Crippen LogP contribution in [0.2, 0.25) is 0 Å². The number of rotatable bonds is 4. The Morgan fingerprint density at radius 2 is 1.92 bits per heavy atom. The molecule has 0 bridgehead atoms. The largest absolute Gasteiger partial charge is 0.445 e. The summed E-state index contributed by atoms with van der Waals surface area (Å²) in [5.74, 6) is 1.59. The van der Waals surface area contributed by atoms with Crippen molar-refractivity contribution in [1.29, 1.82) is 0 Å². The highest BCUT2D eigenvalue weighted by atomic mass is 32.1. The van der Waals surface area contributed by atoms with E-state index >= 15 is 0 Å². The maximum Gasteiger partial charge on any atom is 0.410 e. The summed E-state index contributed by atoms with van der Waals surface area (Å²) in [6.45, 7) is 3.19. The molecule has 4 rings (SSSR count). The second-order valence-electron chi connectivity index (χ2n) is 6.22. The van der Waals surface area contributed by atoms with Crippen LogP contribution in [0.1, 0.15) is 30.1 Å². The summed E-state index contributed by atoms with van der Waals surface area (Å²) in [6, 6.07) is 9.75. The highest BCUT2D eigenvalue weighted by molar-refractivity contribution is 7.09. The van der Waals surface area contributed by atoms with Gasteiger partial charge >= 0.3 is 6.09 Å². The van der Waals surface area contributed by atoms with Crippen LogP contribution in [0.5, 0.6) is 0 Å². The summed E-state index contributed by atoms with van der Waals surface area (Å²) < 4.78 is 9.85. The number of ether oxygens (including phenoxy) is 1. The van der Waals surface area contributed by atoms with Gasteiger partial charge in [0.25, 0.3) is 0 Å². The lowest BCUT2D eigenvalue weighted by atomic mass is 10.2. The van der Waals surface area contributed by atoms with Gasteiger partial charge in [0.05, 0.1) is 0 Å². The van der Waals surface area contributed by atoms with E-state index in [9.17, 15) is 4.79 Å². The zero-order valence-corrected chi connectivity index (χ0v) is 14.2. The van der Waals surface area contributed by atoms with Crippen molar-refractivity contribution in [2.75, 3.05) is 31.1 Å². The quantitative estimate of drug-likeness (QED) is 0.853. The first kappa shape index (κ1) is 15.4. The molecule has 1 amide bonds. The Bertz CT molecular complexity index is 694. The molecule has 0 atom stereocenters. The second-order valence-corrected chi connectivity index (χ2v) is 6.95. The lowest BCUT2D eigenvalue weighted by Gasteiger charge is -2.33. The Labute approximate surface area is 145 Å². The molecule has 6 nitrogen and oxygen atoms in total. The van der Waals surface area contributed by atoms with E-state index in [-0.39, 0.29) is 6.09 Å². The van der Waals surface area contributed by atoms with Crippen LogP contribution in [0, 0.1) is 0 Å². The number of benzene rings is 1. The molecule has 0 spiro atoms. The van der Waals surface area contributed by atoms with Crippen LogP contribution < -0.4 is 4.90 Å². The molecule has 0 N–H and O–H groups in total. The third kappa shape index (κ3) is 3.51. The molecule has 7 heteroatoms.